The van der Waals surface area contributed by atoms with Crippen molar-refractivity contribution in [2.75, 3.05) is 0 Å². The topological polar surface area (TPSA) is 51.8 Å². The molecule has 258 valence electrons. The van der Waals surface area contributed by atoms with Crippen LogP contribution in [0, 0.1) is 0 Å². The third kappa shape index (κ3) is 6.36. The quantitative estimate of drug-likeness (QED) is 0.166. The van der Waals surface area contributed by atoms with Gasteiger partial charge in [-0.2, -0.15) is 0 Å². The third-order valence-corrected chi connectivity index (χ3v) is 10.2. The van der Waals surface area contributed by atoms with Gasteiger partial charge in [0.25, 0.3) is 0 Å². The highest BCUT2D eigenvalue weighted by molar-refractivity contribution is 6.06. The monoisotopic (exact) mass is 703 g/mol. The smallest absolute Gasteiger partial charge is 0.160 e. The maximum Gasteiger partial charge on any atom is 0.160 e. The highest BCUT2D eigenvalue weighted by Gasteiger charge is 2.15. The van der Waals surface area contributed by atoms with E-state index in [0.717, 1.165) is 83.4 Å². The summed E-state index contributed by atoms with van der Waals surface area (Å²) in [7, 11) is 0. The van der Waals surface area contributed by atoms with Crippen LogP contribution in [-0.2, 0) is 0 Å². The molecule has 0 aliphatic rings. The highest BCUT2D eigenvalue weighted by atomic mass is 16.3. The zero-order valence-corrected chi connectivity index (χ0v) is 29.8. The Hall–Kier alpha value is -7.43. The van der Waals surface area contributed by atoms with Crippen LogP contribution in [-0.4, -0.2) is 15.0 Å². The number of benzene rings is 7. The van der Waals surface area contributed by atoms with E-state index >= 15 is 0 Å². The van der Waals surface area contributed by atoms with Crippen LogP contribution in [0.3, 0.4) is 0 Å². The first kappa shape index (κ1) is 32.2. The van der Waals surface area contributed by atoms with Crippen molar-refractivity contribution in [2.45, 2.75) is 0 Å². The summed E-state index contributed by atoms with van der Waals surface area (Å²) in [5.74, 6) is 0.678. The molecule has 0 unspecified atom stereocenters. The van der Waals surface area contributed by atoms with E-state index in [4.69, 9.17) is 14.4 Å². The van der Waals surface area contributed by atoms with Crippen LogP contribution >= 0.6 is 0 Å². The van der Waals surface area contributed by atoms with Gasteiger partial charge in [-0.15, -0.1) is 0 Å². The molecule has 4 nitrogen and oxygen atoms in total. The molecule has 10 rings (SSSR count). The zero-order valence-electron chi connectivity index (χ0n) is 29.8. The molecule has 0 bridgehead atoms. The Morgan fingerprint density at radius 2 is 0.764 bits per heavy atom. The summed E-state index contributed by atoms with van der Waals surface area (Å²) in [5, 5.41) is 2.20. The molecule has 0 atom stereocenters. The summed E-state index contributed by atoms with van der Waals surface area (Å²) in [6.07, 6.45) is 3.64. The second-order valence-electron chi connectivity index (χ2n) is 13.7. The fourth-order valence-corrected chi connectivity index (χ4v) is 7.34. The van der Waals surface area contributed by atoms with Crippen molar-refractivity contribution in [1.82, 2.24) is 15.0 Å². The predicted octanol–water partition coefficient (Wildman–Crippen LogP) is 13.4. The molecule has 0 spiro atoms. The van der Waals surface area contributed by atoms with Gasteiger partial charge in [-0.3, -0.25) is 4.98 Å². The summed E-state index contributed by atoms with van der Waals surface area (Å²) < 4.78 is 6.20. The lowest BCUT2D eigenvalue weighted by molar-refractivity contribution is 0.669. The molecule has 0 amide bonds. The second kappa shape index (κ2) is 13.8. The maximum atomic E-state index is 6.20. The first-order valence-electron chi connectivity index (χ1n) is 18.4. The molecule has 3 heterocycles. The molecule has 0 N–H and O–H groups in total. The lowest BCUT2D eigenvalue weighted by atomic mass is 9.93. The van der Waals surface area contributed by atoms with Gasteiger partial charge < -0.3 is 4.42 Å². The lowest BCUT2D eigenvalue weighted by Crippen LogP contribution is -1.96. The Labute approximate surface area is 319 Å². The van der Waals surface area contributed by atoms with E-state index in [2.05, 4.69) is 145 Å². The first-order valence-corrected chi connectivity index (χ1v) is 18.4. The van der Waals surface area contributed by atoms with Gasteiger partial charge in [0.2, 0.25) is 0 Å². The summed E-state index contributed by atoms with van der Waals surface area (Å²) in [6, 6.07) is 65.7. The van der Waals surface area contributed by atoms with E-state index in [9.17, 15) is 0 Å². The van der Waals surface area contributed by atoms with Crippen LogP contribution in [0.5, 0.6) is 0 Å². The summed E-state index contributed by atoms with van der Waals surface area (Å²) >= 11 is 0. The van der Waals surface area contributed by atoms with Gasteiger partial charge in [-0.25, -0.2) is 9.97 Å². The Bertz CT molecular complexity index is 2940. The second-order valence-corrected chi connectivity index (χ2v) is 13.7. The molecule has 0 saturated carbocycles. The standard InChI is InChI=1S/C51H33N3O/c1-3-9-34(10-4-1)35-15-17-37(18-16-35)42-29-43(41-23-24-50-46(32-41)45-13-7-8-14-49(45)55-50)31-44(30-42)48-33-47(53-51(54-48)40-11-5-2-6-12-40)39-21-19-36(20-22-39)38-25-27-52-28-26-38/h1-33H. The van der Waals surface area contributed by atoms with Gasteiger partial charge >= 0.3 is 0 Å². The molecule has 0 aliphatic heterocycles. The molecule has 0 radical (unpaired) electrons. The zero-order chi connectivity index (χ0) is 36.6. The number of hydrogen-bond acceptors (Lipinski definition) is 4. The van der Waals surface area contributed by atoms with E-state index in [0.29, 0.717) is 5.82 Å². The number of aromatic nitrogens is 3. The van der Waals surface area contributed by atoms with E-state index in [1.54, 1.807) is 0 Å². The van der Waals surface area contributed by atoms with Crippen LogP contribution in [0.25, 0.3) is 100 Å². The fraction of sp³-hybridized carbons (Fsp3) is 0. The SMILES string of the molecule is c1ccc(-c2ccc(-c3cc(-c4ccc5oc6ccccc6c5c4)cc(-c4cc(-c5ccc(-c6ccncc6)cc5)nc(-c5ccccc5)n4)c3)cc2)cc1. The van der Waals surface area contributed by atoms with Crippen LogP contribution < -0.4 is 0 Å². The average molecular weight is 704 g/mol. The predicted molar refractivity (Wildman–Crippen MR) is 225 cm³/mol. The molecular weight excluding hydrogens is 671 g/mol. The number of fused-ring (bicyclic) bond motifs is 3. The molecule has 10 aromatic rings. The third-order valence-electron chi connectivity index (χ3n) is 10.2. The van der Waals surface area contributed by atoms with Crippen LogP contribution in [0.15, 0.2) is 205 Å². The van der Waals surface area contributed by atoms with Crippen molar-refractivity contribution in [3.63, 3.8) is 0 Å². The van der Waals surface area contributed by atoms with E-state index < -0.39 is 0 Å². The van der Waals surface area contributed by atoms with Crippen molar-refractivity contribution in [2.24, 2.45) is 0 Å². The lowest BCUT2D eigenvalue weighted by Gasteiger charge is -2.14. The molecule has 0 saturated heterocycles. The van der Waals surface area contributed by atoms with Crippen molar-refractivity contribution in [3.8, 4) is 78.4 Å². The van der Waals surface area contributed by atoms with Crippen LogP contribution in [0.1, 0.15) is 0 Å². The average Bonchev–Trinajstić information content (AvgIpc) is 3.65. The van der Waals surface area contributed by atoms with Gasteiger partial charge in [-0.1, -0.05) is 133 Å². The molecule has 55 heavy (non-hydrogen) atoms. The minimum absolute atomic E-state index is 0.678. The van der Waals surface area contributed by atoms with Crippen molar-refractivity contribution >= 4 is 21.9 Å². The highest BCUT2D eigenvalue weighted by Crippen LogP contribution is 2.38. The molecular formula is C51H33N3O. The number of para-hydroxylation sites is 1. The first-order chi connectivity index (χ1) is 27.2. The van der Waals surface area contributed by atoms with Gasteiger partial charge in [0.15, 0.2) is 5.82 Å². The minimum atomic E-state index is 0.678. The molecule has 3 aromatic heterocycles. The van der Waals surface area contributed by atoms with E-state index in [1.165, 1.54) is 11.1 Å². The summed E-state index contributed by atoms with van der Waals surface area (Å²) in [5.41, 5.74) is 15.5. The summed E-state index contributed by atoms with van der Waals surface area (Å²) in [4.78, 5) is 14.5. The van der Waals surface area contributed by atoms with Crippen LogP contribution in [0.4, 0.5) is 0 Å². The van der Waals surface area contributed by atoms with Gasteiger partial charge in [-0.05, 0) is 99.1 Å². The number of hydrogen-bond donors (Lipinski definition) is 0. The molecule has 4 heteroatoms. The van der Waals surface area contributed by atoms with Gasteiger partial charge in [0, 0.05) is 39.9 Å². The van der Waals surface area contributed by atoms with Crippen molar-refractivity contribution in [1.29, 1.82) is 0 Å². The molecule has 7 aromatic carbocycles. The Kier molecular flexibility index (Phi) is 8.12. The Balaban J connectivity index is 1.14. The normalized spacial score (nSPS) is 11.3. The largest absolute Gasteiger partial charge is 0.456 e. The van der Waals surface area contributed by atoms with E-state index in [1.807, 2.05) is 60.9 Å². The number of nitrogens with zero attached hydrogens (tertiary/aromatic N) is 3. The van der Waals surface area contributed by atoms with Crippen molar-refractivity contribution in [3.05, 3.63) is 200 Å². The maximum absolute atomic E-state index is 6.20. The number of pyridine rings is 1. The summed E-state index contributed by atoms with van der Waals surface area (Å²) in [6.45, 7) is 0. The Morgan fingerprint density at radius 1 is 0.291 bits per heavy atom. The number of rotatable bonds is 7. The van der Waals surface area contributed by atoms with Crippen molar-refractivity contribution < 1.29 is 4.42 Å². The Morgan fingerprint density at radius 3 is 1.45 bits per heavy atom. The van der Waals surface area contributed by atoms with Gasteiger partial charge in [0.05, 0.1) is 11.4 Å². The van der Waals surface area contributed by atoms with Gasteiger partial charge in [0.1, 0.15) is 11.2 Å². The minimum Gasteiger partial charge on any atom is -0.456 e. The number of furan rings is 1. The fourth-order valence-electron chi connectivity index (χ4n) is 7.34. The molecule has 0 aliphatic carbocycles. The molecule has 0 fully saturated rings. The van der Waals surface area contributed by atoms with Crippen LogP contribution in [0.2, 0.25) is 0 Å². The van der Waals surface area contributed by atoms with E-state index in [-0.39, 0.29) is 0 Å².